The van der Waals surface area contributed by atoms with E-state index in [0.717, 1.165) is 32.5 Å². The molecule has 1 saturated carbocycles. The van der Waals surface area contributed by atoms with Crippen LogP contribution in [0, 0.1) is 17.8 Å². The number of Topliss-reactive ketones (excluding diaryl/α,β-unsaturated/α-hetero) is 1. The van der Waals surface area contributed by atoms with Crippen molar-refractivity contribution in [2.75, 3.05) is 60.2 Å². The maximum atomic E-state index is 13.6. The topological polar surface area (TPSA) is 89.1 Å². The molecule has 0 bridgehead atoms. The van der Waals surface area contributed by atoms with E-state index < -0.39 is 0 Å². The first-order valence-corrected chi connectivity index (χ1v) is 14.5. The second-order valence-corrected chi connectivity index (χ2v) is 11.2. The highest BCUT2D eigenvalue weighted by Crippen LogP contribution is 2.30. The van der Waals surface area contributed by atoms with E-state index in [1.165, 1.54) is 32.1 Å². The van der Waals surface area contributed by atoms with Crippen LogP contribution in [-0.2, 0) is 9.53 Å². The molecule has 38 heavy (non-hydrogen) atoms. The van der Waals surface area contributed by atoms with Crippen LogP contribution >= 0.6 is 0 Å². The lowest BCUT2D eigenvalue weighted by atomic mass is 9.86. The highest BCUT2D eigenvalue weighted by atomic mass is 16.5. The zero-order valence-corrected chi connectivity index (χ0v) is 23.9. The Morgan fingerprint density at radius 1 is 1.05 bits per heavy atom. The number of methoxy groups -OCH3 is 2. The molecule has 0 aromatic heterocycles. The Labute approximate surface area is 229 Å². The summed E-state index contributed by atoms with van der Waals surface area (Å²) < 4.78 is 16.4. The molecule has 1 heterocycles. The van der Waals surface area contributed by atoms with Crippen LogP contribution in [0.2, 0.25) is 0 Å². The largest absolute Gasteiger partial charge is 0.493 e. The number of carbonyl (C=O) groups is 2. The van der Waals surface area contributed by atoms with Gasteiger partial charge in [-0.3, -0.25) is 9.59 Å². The number of nitrogens with zero attached hydrogens (tertiary/aromatic N) is 1. The van der Waals surface area contributed by atoms with Crippen molar-refractivity contribution in [1.82, 2.24) is 15.5 Å². The Kier molecular flexibility index (Phi) is 12.8. The SMILES string of the molecule is COCCCOc1cc(C(=O)N(C[C@@H]2CNC[C@H]2CNCC(=O)CC2CCCCC2)C(C)C)ccc1OC. The zero-order valence-electron chi connectivity index (χ0n) is 23.9. The Hall–Kier alpha value is -2.16. The minimum atomic E-state index is -0.00864. The fraction of sp³-hybridized carbons (Fsp3) is 0.733. The van der Waals surface area contributed by atoms with Gasteiger partial charge in [-0.2, -0.15) is 0 Å². The van der Waals surface area contributed by atoms with Crippen molar-refractivity contribution in [3.05, 3.63) is 23.8 Å². The van der Waals surface area contributed by atoms with Crippen LogP contribution < -0.4 is 20.1 Å². The number of nitrogens with one attached hydrogen (secondary N) is 2. The summed E-state index contributed by atoms with van der Waals surface area (Å²) in [5.74, 6) is 2.79. The Bertz CT molecular complexity index is 871. The van der Waals surface area contributed by atoms with Crippen LogP contribution in [-0.4, -0.2) is 82.8 Å². The molecule has 3 rings (SSSR count). The van der Waals surface area contributed by atoms with Crippen molar-refractivity contribution in [2.24, 2.45) is 17.8 Å². The average Bonchev–Trinajstić information content (AvgIpc) is 3.36. The lowest BCUT2D eigenvalue weighted by molar-refractivity contribution is -0.119. The van der Waals surface area contributed by atoms with Gasteiger partial charge in [-0.15, -0.1) is 0 Å². The van der Waals surface area contributed by atoms with Gasteiger partial charge in [0.05, 0.1) is 20.3 Å². The predicted molar refractivity (Wildman–Crippen MR) is 150 cm³/mol. The fourth-order valence-electron chi connectivity index (χ4n) is 5.68. The second kappa shape index (κ2) is 16.1. The van der Waals surface area contributed by atoms with Gasteiger partial charge in [0.2, 0.25) is 0 Å². The number of ether oxygens (including phenoxy) is 3. The maximum Gasteiger partial charge on any atom is 0.254 e. The van der Waals surface area contributed by atoms with Crippen LogP contribution in [0.1, 0.15) is 69.2 Å². The van der Waals surface area contributed by atoms with Gasteiger partial charge >= 0.3 is 0 Å². The van der Waals surface area contributed by atoms with Gasteiger partial charge in [-0.25, -0.2) is 0 Å². The van der Waals surface area contributed by atoms with Gasteiger partial charge in [-0.05, 0) is 62.9 Å². The molecule has 1 aliphatic heterocycles. The first kappa shape index (κ1) is 30.4. The summed E-state index contributed by atoms with van der Waals surface area (Å²) in [5, 5.41) is 6.92. The summed E-state index contributed by atoms with van der Waals surface area (Å²) in [6.07, 6.45) is 7.73. The number of hydrogen-bond acceptors (Lipinski definition) is 7. The van der Waals surface area contributed by atoms with Crippen molar-refractivity contribution >= 4 is 11.7 Å². The molecule has 2 aliphatic rings. The molecule has 8 heteroatoms. The van der Waals surface area contributed by atoms with Crippen molar-refractivity contribution < 1.29 is 23.8 Å². The summed E-state index contributed by atoms with van der Waals surface area (Å²) >= 11 is 0. The smallest absolute Gasteiger partial charge is 0.254 e. The number of hydrogen-bond donors (Lipinski definition) is 2. The highest BCUT2D eigenvalue weighted by Gasteiger charge is 2.31. The van der Waals surface area contributed by atoms with Crippen LogP contribution in [0.4, 0.5) is 0 Å². The van der Waals surface area contributed by atoms with Crippen molar-refractivity contribution in [1.29, 1.82) is 0 Å². The molecule has 1 aliphatic carbocycles. The van der Waals surface area contributed by atoms with Crippen molar-refractivity contribution in [3.63, 3.8) is 0 Å². The third-order valence-corrected chi connectivity index (χ3v) is 7.93. The molecular formula is C30H49N3O5. The number of rotatable bonds is 16. The molecule has 0 spiro atoms. The Balaban J connectivity index is 1.55. The molecule has 1 aromatic rings. The summed E-state index contributed by atoms with van der Waals surface area (Å²) in [6, 6.07) is 5.45. The molecule has 1 aromatic carbocycles. The lowest BCUT2D eigenvalue weighted by Crippen LogP contribution is -2.43. The summed E-state index contributed by atoms with van der Waals surface area (Å²) in [6.45, 7) is 8.89. The molecule has 0 radical (unpaired) electrons. The third kappa shape index (κ3) is 9.24. The van der Waals surface area contributed by atoms with Crippen molar-refractivity contribution in [3.8, 4) is 11.5 Å². The van der Waals surface area contributed by atoms with E-state index in [-0.39, 0.29) is 11.9 Å². The van der Waals surface area contributed by atoms with E-state index in [1.54, 1.807) is 26.4 Å². The van der Waals surface area contributed by atoms with Crippen LogP contribution in [0.5, 0.6) is 11.5 Å². The normalized spacial score (nSPS) is 20.0. The van der Waals surface area contributed by atoms with Gasteiger partial charge in [0, 0.05) is 51.3 Å². The van der Waals surface area contributed by atoms with E-state index in [4.69, 9.17) is 14.2 Å². The molecule has 2 N–H and O–H groups in total. The van der Waals surface area contributed by atoms with E-state index in [2.05, 4.69) is 24.5 Å². The Morgan fingerprint density at radius 3 is 2.53 bits per heavy atom. The number of ketones is 1. The molecule has 0 unspecified atom stereocenters. The fourth-order valence-corrected chi connectivity index (χ4v) is 5.68. The average molecular weight is 532 g/mol. The number of amides is 1. The van der Waals surface area contributed by atoms with Gasteiger partial charge in [-0.1, -0.05) is 32.1 Å². The molecule has 2 atom stereocenters. The van der Waals surface area contributed by atoms with Crippen molar-refractivity contribution in [2.45, 2.75) is 64.8 Å². The zero-order chi connectivity index (χ0) is 27.3. The summed E-state index contributed by atoms with van der Waals surface area (Å²) in [4.78, 5) is 28.1. The summed E-state index contributed by atoms with van der Waals surface area (Å²) in [7, 11) is 3.27. The Morgan fingerprint density at radius 2 is 1.82 bits per heavy atom. The second-order valence-electron chi connectivity index (χ2n) is 11.2. The standard InChI is InChI=1S/C30H49N3O5/c1-22(2)33(30(35)24-11-12-28(37-4)29(16-24)38-14-8-13-36-3)21-26-19-31-17-25(26)18-32-20-27(34)15-23-9-6-5-7-10-23/h11-12,16,22-23,25-26,31-32H,5-10,13-15,17-21H2,1-4H3/t25-,26-/m0/s1. The first-order chi connectivity index (χ1) is 18.4. The maximum absolute atomic E-state index is 13.6. The minimum absolute atomic E-state index is 0.00864. The summed E-state index contributed by atoms with van der Waals surface area (Å²) in [5.41, 5.74) is 0.593. The van der Waals surface area contributed by atoms with Gasteiger partial charge < -0.3 is 29.7 Å². The van der Waals surface area contributed by atoms with E-state index in [0.29, 0.717) is 66.9 Å². The molecule has 8 nitrogen and oxygen atoms in total. The van der Waals surface area contributed by atoms with Gasteiger partial charge in [0.1, 0.15) is 5.78 Å². The number of carbonyl (C=O) groups excluding carboxylic acids is 2. The first-order valence-electron chi connectivity index (χ1n) is 14.5. The molecule has 1 amide bonds. The minimum Gasteiger partial charge on any atom is -0.493 e. The third-order valence-electron chi connectivity index (χ3n) is 7.93. The molecule has 214 valence electrons. The van der Waals surface area contributed by atoms with Crippen LogP contribution in [0.3, 0.4) is 0 Å². The monoisotopic (exact) mass is 531 g/mol. The van der Waals surface area contributed by atoms with Gasteiger partial charge in [0.25, 0.3) is 5.91 Å². The molecule has 1 saturated heterocycles. The highest BCUT2D eigenvalue weighted by molar-refractivity contribution is 5.95. The number of benzene rings is 1. The van der Waals surface area contributed by atoms with Gasteiger partial charge in [0.15, 0.2) is 11.5 Å². The van der Waals surface area contributed by atoms with Crippen LogP contribution in [0.25, 0.3) is 0 Å². The predicted octanol–water partition coefficient (Wildman–Crippen LogP) is 3.93. The lowest BCUT2D eigenvalue weighted by Gasteiger charge is -2.32. The molecular weight excluding hydrogens is 482 g/mol. The molecule has 2 fully saturated rings. The van der Waals surface area contributed by atoms with E-state index in [1.807, 2.05) is 11.0 Å². The van der Waals surface area contributed by atoms with Crippen LogP contribution in [0.15, 0.2) is 18.2 Å². The van der Waals surface area contributed by atoms with E-state index >= 15 is 0 Å². The quantitative estimate of drug-likeness (QED) is 0.313. The van der Waals surface area contributed by atoms with E-state index in [9.17, 15) is 9.59 Å².